The smallest absolute Gasteiger partial charge is 0.322 e. The van der Waals surface area contributed by atoms with E-state index in [1.165, 1.54) is 18.9 Å². The Kier molecular flexibility index (Phi) is 5.06. The van der Waals surface area contributed by atoms with Crippen LogP contribution in [0.5, 0.6) is 0 Å². The lowest BCUT2D eigenvalue weighted by molar-refractivity contribution is -0.142. The predicted octanol–water partition coefficient (Wildman–Crippen LogP) is 0.459. The number of aromatic nitrogens is 2. The first-order valence-corrected chi connectivity index (χ1v) is 5.46. The molecule has 1 atom stereocenters. The number of rotatable bonds is 5. The average Bonchev–Trinajstić information content (AvgIpc) is 2.29. The third-order valence-corrected chi connectivity index (χ3v) is 2.61. The Bertz CT molecular complexity index is 307. The molecule has 0 radical (unpaired) electrons. The van der Waals surface area contributed by atoms with E-state index in [1.54, 1.807) is 18.5 Å². The lowest BCUT2D eigenvalue weighted by Gasteiger charge is -2.07. The molecule has 1 rings (SSSR count). The Labute approximate surface area is 92.4 Å². The summed E-state index contributed by atoms with van der Waals surface area (Å²) in [5.41, 5.74) is 5.56. The second kappa shape index (κ2) is 6.36. The van der Waals surface area contributed by atoms with E-state index in [9.17, 15) is 4.79 Å². The molecule has 82 valence electrons. The van der Waals surface area contributed by atoms with Crippen LogP contribution in [-0.2, 0) is 9.53 Å². The molecule has 15 heavy (non-hydrogen) atoms. The number of esters is 1. The number of ether oxygens (including phenoxy) is 1. The largest absolute Gasteiger partial charge is 0.468 e. The van der Waals surface area contributed by atoms with Crippen molar-refractivity contribution >= 4 is 17.7 Å². The number of carbonyl (C=O) groups excluding carboxylic acids is 1. The molecule has 0 bridgehead atoms. The van der Waals surface area contributed by atoms with Gasteiger partial charge in [-0.15, -0.1) is 0 Å². The maximum Gasteiger partial charge on any atom is 0.322 e. The van der Waals surface area contributed by atoms with E-state index in [0.717, 1.165) is 0 Å². The maximum atomic E-state index is 11.0. The van der Waals surface area contributed by atoms with Gasteiger partial charge in [-0.3, -0.25) is 4.79 Å². The summed E-state index contributed by atoms with van der Waals surface area (Å²) in [5.74, 6) is 0.310. The minimum absolute atomic E-state index is 0.385. The summed E-state index contributed by atoms with van der Waals surface area (Å²) in [5, 5.41) is 0.689. The Morgan fingerprint density at radius 2 is 2.27 bits per heavy atom. The molecule has 0 aliphatic rings. The van der Waals surface area contributed by atoms with Crippen molar-refractivity contribution in [2.45, 2.75) is 17.6 Å². The molecular formula is C9H13N3O2S. The number of methoxy groups -OCH3 is 1. The second-order valence-electron chi connectivity index (χ2n) is 2.80. The van der Waals surface area contributed by atoms with Crippen LogP contribution >= 0.6 is 11.8 Å². The molecule has 0 aromatic carbocycles. The minimum atomic E-state index is -0.564. The van der Waals surface area contributed by atoms with E-state index >= 15 is 0 Å². The molecule has 5 nitrogen and oxygen atoms in total. The standard InChI is InChI=1S/C9H13N3O2S/c1-14-8(13)7(10)3-6-15-9-11-4-2-5-12-9/h2,4-5,7H,3,6,10H2,1H3. The number of thioether (sulfide) groups is 1. The van der Waals surface area contributed by atoms with Gasteiger partial charge in [0, 0.05) is 18.1 Å². The normalized spacial score (nSPS) is 12.1. The predicted molar refractivity (Wildman–Crippen MR) is 57.4 cm³/mol. The number of hydrogen-bond acceptors (Lipinski definition) is 6. The number of nitrogens with zero attached hydrogens (tertiary/aromatic N) is 2. The Balaban J connectivity index is 2.25. The van der Waals surface area contributed by atoms with Gasteiger partial charge in [-0.25, -0.2) is 9.97 Å². The van der Waals surface area contributed by atoms with Crippen LogP contribution in [0.15, 0.2) is 23.6 Å². The number of carbonyl (C=O) groups is 1. The quantitative estimate of drug-likeness (QED) is 0.447. The molecule has 0 saturated carbocycles. The zero-order valence-electron chi connectivity index (χ0n) is 8.42. The molecule has 6 heteroatoms. The maximum absolute atomic E-state index is 11.0. The highest BCUT2D eigenvalue weighted by Gasteiger charge is 2.13. The molecule has 0 amide bonds. The van der Waals surface area contributed by atoms with E-state index < -0.39 is 6.04 Å². The van der Waals surface area contributed by atoms with Crippen LogP contribution in [0.1, 0.15) is 6.42 Å². The molecular weight excluding hydrogens is 214 g/mol. The summed E-state index contributed by atoms with van der Waals surface area (Å²) in [6.07, 6.45) is 3.90. The van der Waals surface area contributed by atoms with Crippen molar-refractivity contribution in [3.8, 4) is 0 Å². The first-order valence-electron chi connectivity index (χ1n) is 4.47. The van der Waals surface area contributed by atoms with Gasteiger partial charge in [0.2, 0.25) is 0 Å². The van der Waals surface area contributed by atoms with Crippen molar-refractivity contribution < 1.29 is 9.53 Å². The molecule has 1 unspecified atom stereocenters. The van der Waals surface area contributed by atoms with Crippen molar-refractivity contribution in [2.24, 2.45) is 5.73 Å². The summed E-state index contributed by atoms with van der Waals surface area (Å²) in [7, 11) is 1.33. The van der Waals surface area contributed by atoms with E-state index in [0.29, 0.717) is 17.3 Å². The zero-order valence-corrected chi connectivity index (χ0v) is 9.24. The molecule has 1 aromatic heterocycles. The second-order valence-corrected chi connectivity index (χ2v) is 3.86. The Hall–Kier alpha value is -1.14. The van der Waals surface area contributed by atoms with E-state index in [-0.39, 0.29) is 5.97 Å². The van der Waals surface area contributed by atoms with Gasteiger partial charge in [0.1, 0.15) is 6.04 Å². The summed E-state index contributed by atoms with van der Waals surface area (Å²) < 4.78 is 4.51. The lowest BCUT2D eigenvalue weighted by Crippen LogP contribution is -2.31. The summed E-state index contributed by atoms with van der Waals surface area (Å²) in [6.45, 7) is 0. The molecule has 1 heterocycles. The number of nitrogens with two attached hydrogens (primary N) is 1. The monoisotopic (exact) mass is 227 g/mol. The third kappa shape index (κ3) is 4.26. The van der Waals surface area contributed by atoms with Gasteiger partial charge in [0.15, 0.2) is 5.16 Å². The van der Waals surface area contributed by atoms with Gasteiger partial charge in [0.05, 0.1) is 7.11 Å². The van der Waals surface area contributed by atoms with Crippen LogP contribution in [0, 0.1) is 0 Å². The molecule has 0 spiro atoms. The fourth-order valence-corrected chi connectivity index (χ4v) is 1.73. The molecule has 0 saturated heterocycles. The van der Waals surface area contributed by atoms with Crippen molar-refractivity contribution in [2.75, 3.05) is 12.9 Å². The zero-order chi connectivity index (χ0) is 11.1. The fourth-order valence-electron chi connectivity index (χ4n) is 0.906. The molecule has 1 aromatic rings. The van der Waals surface area contributed by atoms with Gasteiger partial charge in [-0.05, 0) is 12.5 Å². The van der Waals surface area contributed by atoms with Crippen LogP contribution in [0.2, 0.25) is 0 Å². The Morgan fingerprint density at radius 1 is 1.60 bits per heavy atom. The SMILES string of the molecule is COC(=O)C(N)CCSc1ncccn1. The van der Waals surface area contributed by atoms with Crippen LogP contribution in [0.4, 0.5) is 0 Å². The molecule has 2 N–H and O–H groups in total. The minimum Gasteiger partial charge on any atom is -0.468 e. The van der Waals surface area contributed by atoms with Gasteiger partial charge in [-0.2, -0.15) is 0 Å². The molecule has 0 fully saturated rings. The van der Waals surface area contributed by atoms with Crippen LogP contribution < -0.4 is 5.73 Å². The fraction of sp³-hybridized carbons (Fsp3) is 0.444. The van der Waals surface area contributed by atoms with Crippen LogP contribution in [0.3, 0.4) is 0 Å². The molecule has 0 aliphatic carbocycles. The summed E-state index contributed by atoms with van der Waals surface area (Å²) >= 11 is 1.47. The molecule has 0 aliphatic heterocycles. The van der Waals surface area contributed by atoms with Crippen LogP contribution in [-0.4, -0.2) is 34.8 Å². The summed E-state index contributed by atoms with van der Waals surface area (Å²) in [6, 6.07) is 1.19. The highest BCUT2D eigenvalue weighted by Crippen LogP contribution is 2.12. The van der Waals surface area contributed by atoms with Crippen molar-refractivity contribution in [1.82, 2.24) is 9.97 Å². The first kappa shape index (κ1) is 11.9. The highest BCUT2D eigenvalue weighted by atomic mass is 32.2. The third-order valence-electron chi connectivity index (χ3n) is 1.71. The van der Waals surface area contributed by atoms with Gasteiger partial charge in [-0.1, -0.05) is 11.8 Å². The van der Waals surface area contributed by atoms with Crippen molar-refractivity contribution in [3.63, 3.8) is 0 Å². The van der Waals surface area contributed by atoms with E-state index in [2.05, 4.69) is 14.7 Å². The number of hydrogen-bond donors (Lipinski definition) is 1. The lowest BCUT2D eigenvalue weighted by atomic mass is 10.2. The van der Waals surface area contributed by atoms with E-state index in [4.69, 9.17) is 5.73 Å². The summed E-state index contributed by atoms with van der Waals surface area (Å²) in [4.78, 5) is 19.0. The average molecular weight is 227 g/mol. The van der Waals surface area contributed by atoms with Crippen molar-refractivity contribution in [1.29, 1.82) is 0 Å². The van der Waals surface area contributed by atoms with Gasteiger partial charge < -0.3 is 10.5 Å². The first-order chi connectivity index (χ1) is 7.24. The van der Waals surface area contributed by atoms with Crippen molar-refractivity contribution in [3.05, 3.63) is 18.5 Å². The topological polar surface area (TPSA) is 78.1 Å². The highest BCUT2D eigenvalue weighted by molar-refractivity contribution is 7.99. The van der Waals surface area contributed by atoms with E-state index in [1.807, 2.05) is 0 Å². The van der Waals surface area contributed by atoms with Gasteiger partial charge in [0.25, 0.3) is 0 Å². The van der Waals surface area contributed by atoms with Gasteiger partial charge >= 0.3 is 5.97 Å². The van der Waals surface area contributed by atoms with Crippen LogP contribution in [0.25, 0.3) is 0 Å². The Morgan fingerprint density at radius 3 is 2.87 bits per heavy atom.